The van der Waals surface area contributed by atoms with Gasteiger partial charge in [0.1, 0.15) is 11.4 Å². The van der Waals surface area contributed by atoms with Crippen LogP contribution >= 0.6 is 0 Å². The van der Waals surface area contributed by atoms with Crippen LogP contribution in [-0.2, 0) is 0 Å². The van der Waals surface area contributed by atoms with Gasteiger partial charge in [0.15, 0.2) is 0 Å². The van der Waals surface area contributed by atoms with E-state index in [1.54, 1.807) is 16.8 Å². The Morgan fingerprint density at radius 1 is 0.952 bits per heavy atom. The summed E-state index contributed by atoms with van der Waals surface area (Å²) in [6, 6.07) is 7.32. The second-order valence-corrected chi connectivity index (χ2v) is 5.73. The van der Waals surface area contributed by atoms with Gasteiger partial charge in [-0.25, -0.2) is 4.68 Å². The number of Topliss-reactive ketones (excluding diaryl/α,β-unsaturated/α-hetero) is 2. The van der Waals surface area contributed by atoms with Gasteiger partial charge in [-0.2, -0.15) is 0 Å². The van der Waals surface area contributed by atoms with Crippen molar-refractivity contribution in [1.82, 2.24) is 15.0 Å². The van der Waals surface area contributed by atoms with E-state index >= 15 is 0 Å². The highest BCUT2D eigenvalue weighted by Gasteiger charge is 2.36. The van der Waals surface area contributed by atoms with Crippen LogP contribution in [0.25, 0.3) is 11.3 Å². The highest BCUT2D eigenvalue weighted by Crippen LogP contribution is 2.35. The molecule has 2 aromatic rings. The summed E-state index contributed by atoms with van der Waals surface area (Å²) in [5.41, 5.74) is 2.09. The Bertz CT molecular complexity index is 742. The predicted octanol–water partition coefficient (Wildman–Crippen LogP) is 2.83. The summed E-state index contributed by atoms with van der Waals surface area (Å²) in [5.74, 6) is -0.920. The predicted molar refractivity (Wildman–Crippen MR) is 76.2 cm³/mol. The molecule has 106 valence electrons. The Labute approximate surface area is 122 Å². The normalized spacial score (nSPS) is 18.5. The van der Waals surface area contributed by atoms with Crippen LogP contribution in [0.5, 0.6) is 0 Å². The van der Waals surface area contributed by atoms with Gasteiger partial charge in [-0.05, 0) is 12.8 Å². The minimum absolute atomic E-state index is 0.192. The Morgan fingerprint density at radius 2 is 1.67 bits per heavy atom. The van der Waals surface area contributed by atoms with E-state index in [9.17, 15) is 9.59 Å². The van der Waals surface area contributed by atoms with Gasteiger partial charge in [0.2, 0.25) is 5.78 Å². The number of benzene rings is 1. The largest absolute Gasteiger partial charge is 0.285 e. The molecule has 0 amide bonds. The highest BCUT2D eigenvalue weighted by atomic mass is 16.2. The maximum absolute atomic E-state index is 12.5. The lowest BCUT2D eigenvalue weighted by molar-refractivity contribution is 0.0806. The van der Waals surface area contributed by atoms with Crippen LogP contribution in [0.1, 0.15) is 59.0 Å². The molecule has 0 unspecified atom stereocenters. The molecule has 2 aliphatic carbocycles. The first-order valence-corrected chi connectivity index (χ1v) is 7.41. The Hall–Kier alpha value is -2.30. The van der Waals surface area contributed by atoms with Gasteiger partial charge >= 0.3 is 0 Å². The molecular weight excluding hydrogens is 266 g/mol. The molecule has 4 rings (SSSR count). The van der Waals surface area contributed by atoms with Crippen molar-refractivity contribution in [2.24, 2.45) is 0 Å². The summed E-state index contributed by atoms with van der Waals surface area (Å²) >= 11 is 0. The van der Waals surface area contributed by atoms with Crippen molar-refractivity contribution in [3.8, 4) is 11.3 Å². The lowest BCUT2D eigenvalue weighted by atomic mass is 9.89. The van der Waals surface area contributed by atoms with Gasteiger partial charge < -0.3 is 0 Å². The Balaban J connectivity index is 1.89. The first-order valence-electron chi connectivity index (χ1n) is 7.41. The van der Waals surface area contributed by atoms with Crippen LogP contribution in [0.4, 0.5) is 0 Å². The fraction of sp³-hybridized carbons (Fsp3) is 0.375. The molecule has 0 saturated heterocycles. The van der Waals surface area contributed by atoms with Crippen LogP contribution < -0.4 is 0 Å². The van der Waals surface area contributed by atoms with Gasteiger partial charge in [-0.1, -0.05) is 48.7 Å². The molecule has 0 radical (unpaired) electrons. The first kappa shape index (κ1) is 12.4. The second-order valence-electron chi connectivity index (χ2n) is 5.73. The van der Waals surface area contributed by atoms with Crippen LogP contribution in [0, 0.1) is 0 Å². The quantitative estimate of drug-likeness (QED) is 0.754. The molecule has 1 heterocycles. The van der Waals surface area contributed by atoms with Crippen molar-refractivity contribution in [2.45, 2.75) is 38.1 Å². The van der Waals surface area contributed by atoms with Crippen LogP contribution in [0.2, 0.25) is 0 Å². The number of hydrogen-bond acceptors (Lipinski definition) is 4. The number of rotatable bonds is 1. The van der Waals surface area contributed by atoms with Crippen molar-refractivity contribution in [3.63, 3.8) is 0 Å². The Morgan fingerprint density at radius 3 is 2.43 bits per heavy atom. The van der Waals surface area contributed by atoms with Crippen LogP contribution in [0.15, 0.2) is 24.3 Å². The monoisotopic (exact) mass is 281 g/mol. The molecule has 0 atom stereocenters. The zero-order chi connectivity index (χ0) is 14.4. The molecule has 5 nitrogen and oxygen atoms in total. The number of fused-ring (bicyclic) bond motifs is 3. The topological polar surface area (TPSA) is 64.8 Å². The fourth-order valence-corrected chi connectivity index (χ4v) is 3.39. The third-order valence-electron chi connectivity index (χ3n) is 4.46. The number of carbonyl (C=O) groups excluding carboxylic acids is 2. The third-order valence-corrected chi connectivity index (χ3v) is 4.46. The summed E-state index contributed by atoms with van der Waals surface area (Å²) in [6.07, 6.45) is 5.50. The molecule has 2 aliphatic rings. The number of carbonyl (C=O) groups is 2. The van der Waals surface area contributed by atoms with E-state index in [1.165, 1.54) is 6.42 Å². The molecule has 0 aliphatic heterocycles. The summed E-state index contributed by atoms with van der Waals surface area (Å²) < 4.78 is 1.70. The van der Waals surface area contributed by atoms with Crippen molar-refractivity contribution in [2.75, 3.05) is 0 Å². The lowest BCUT2D eigenvalue weighted by Gasteiger charge is -2.23. The molecule has 1 fully saturated rings. The zero-order valence-electron chi connectivity index (χ0n) is 11.6. The lowest BCUT2D eigenvalue weighted by Crippen LogP contribution is -2.26. The molecule has 0 spiro atoms. The smallest absolute Gasteiger partial charge is 0.253 e. The molecule has 21 heavy (non-hydrogen) atoms. The number of hydrogen-bond donors (Lipinski definition) is 0. The average Bonchev–Trinajstić information content (AvgIpc) is 2.99. The van der Waals surface area contributed by atoms with E-state index < -0.39 is 11.6 Å². The van der Waals surface area contributed by atoms with E-state index in [2.05, 4.69) is 10.3 Å². The standard InChI is InChI=1S/C16H15N3O2/c20-15-12-9-5-4-8-11(12)13-14(16(15)21)19(18-17-13)10-6-2-1-3-7-10/h4-5,8-10H,1-3,6-7H2. The van der Waals surface area contributed by atoms with Gasteiger partial charge in [0, 0.05) is 11.1 Å². The van der Waals surface area contributed by atoms with Crippen molar-refractivity contribution in [3.05, 3.63) is 35.5 Å². The van der Waals surface area contributed by atoms with Gasteiger partial charge in [0.25, 0.3) is 5.78 Å². The summed E-state index contributed by atoms with van der Waals surface area (Å²) in [5, 5.41) is 8.40. The highest BCUT2D eigenvalue weighted by molar-refractivity contribution is 6.52. The molecule has 0 bridgehead atoms. The molecular formula is C16H15N3O2. The SMILES string of the molecule is O=C1C(=O)c2c(nnn2C2CCCCC2)-c2ccccc21. The summed E-state index contributed by atoms with van der Waals surface area (Å²) in [7, 11) is 0. The van der Waals surface area contributed by atoms with Gasteiger partial charge in [-0.3, -0.25) is 9.59 Å². The average molecular weight is 281 g/mol. The minimum Gasteiger partial charge on any atom is -0.285 e. The Kier molecular flexibility index (Phi) is 2.74. The second kappa shape index (κ2) is 4.62. The van der Waals surface area contributed by atoms with Gasteiger partial charge in [-0.15, -0.1) is 5.10 Å². The minimum atomic E-state index is -0.473. The van der Waals surface area contributed by atoms with E-state index in [1.807, 2.05) is 12.1 Å². The third kappa shape index (κ3) is 1.77. The maximum Gasteiger partial charge on any atom is 0.253 e. The molecule has 1 saturated carbocycles. The van der Waals surface area contributed by atoms with Crippen LogP contribution in [-0.4, -0.2) is 26.6 Å². The van der Waals surface area contributed by atoms with Crippen LogP contribution in [0.3, 0.4) is 0 Å². The molecule has 1 aromatic heterocycles. The van der Waals surface area contributed by atoms with Crippen molar-refractivity contribution in [1.29, 1.82) is 0 Å². The number of nitrogens with zero attached hydrogens (tertiary/aromatic N) is 3. The van der Waals surface area contributed by atoms with Crippen molar-refractivity contribution < 1.29 is 9.59 Å². The zero-order valence-corrected chi connectivity index (χ0v) is 11.6. The van der Waals surface area contributed by atoms with Crippen molar-refractivity contribution >= 4 is 11.6 Å². The maximum atomic E-state index is 12.5. The fourth-order valence-electron chi connectivity index (χ4n) is 3.39. The molecule has 0 N–H and O–H groups in total. The van der Waals surface area contributed by atoms with E-state index in [0.717, 1.165) is 31.2 Å². The van der Waals surface area contributed by atoms with E-state index in [-0.39, 0.29) is 6.04 Å². The summed E-state index contributed by atoms with van der Waals surface area (Å²) in [6.45, 7) is 0. The molecule has 5 heteroatoms. The number of aromatic nitrogens is 3. The first-order chi connectivity index (χ1) is 10.3. The summed E-state index contributed by atoms with van der Waals surface area (Å²) in [4.78, 5) is 24.7. The van der Waals surface area contributed by atoms with E-state index in [4.69, 9.17) is 0 Å². The van der Waals surface area contributed by atoms with E-state index in [0.29, 0.717) is 17.0 Å². The molecule has 1 aromatic carbocycles. The van der Waals surface area contributed by atoms with Gasteiger partial charge in [0.05, 0.1) is 6.04 Å². The number of ketones is 2.